The molecule has 0 aliphatic carbocycles. The Bertz CT molecular complexity index is 836. The summed E-state index contributed by atoms with van der Waals surface area (Å²) in [5.74, 6) is 1.25. The van der Waals surface area contributed by atoms with Gasteiger partial charge in [-0.15, -0.1) is 0 Å². The monoisotopic (exact) mass is 352 g/mol. The highest BCUT2D eigenvalue weighted by Crippen LogP contribution is 2.30. The van der Waals surface area contributed by atoms with Crippen LogP contribution in [0.15, 0.2) is 42.5 Å². The molecular weight excluding hydrogens is 332 g/mol. The van der Waals surface area contributed by atoms with Gasteiger partial charge >= 0.3 is 0 Å². The zero-order valence-corrected chi connectivity index (χ0v) is 14.8. The first-order chi connectivity index (χ1) is 12.6. The summed E-state index contributed by atoms with van der Waals surface area (Å²) in [6.45, 7) is 2.68. The molecular formula is C20H20N2O4. The fourth-order valence-electron chi connectivity index (χ4n) is 2.33. The number of ether oxygens (including phenoxy) is 2. The minimum Gasteiger partial charge on any atom is -0.493 e. The molecule has 0 saturated heterocycles. The maximum atomic E-state index is 10.7. The Morgan fingerprint density at radius 1 is 1.23 bits per heavy atom. The van der Waals surface area contributed by atoms with Crippen LogP contribution in [-0.2, 0) is 0 Å². The van der Waals surface area contributed by atoms with Gasteiger partial charge in [0.25, 0.3) is 5.69 Å². The summed E-state index contributed by atoms with van der Waals surface area (Å²) in [4.78, 5) is 10.3. The molecule has 0 amide bonds. The average Bonchev–Trinajstić information content (AvgIpc) is 2.66. The van der Waals surface area contributed by atoms with E-state index >= 15 is 0 Å². The minimum atomic E-state index is -0.469. The second-order valence-electron chi connectivity index (χ2n) is 5.59. The molecule has 0 fully saturated rings. The van der Waals surface area contributed by atoms with E-state index in [2.05, 4.69) is 13.0 Å². The molecule has 134 valence electrons. The third-order valence-corrected chi connectivity index (χ3v) is 3.76. The normalized spacial score (nSPS) is 10.9. The number of nitriles is 1. The smallest absolute Gasteiger partial charge is 0.269 e. The average molecular weight is 352 g/mol. The number of non-ortho nitro benzene ring substituents is 1. The Kier molecular flexibility index (Phi) is 6.75. The van der Waals surface area contributed by atoms with E-state index in [0.717, 1.165) is 18.4 Å². The lowest BCUT2D eigenvalue weighted by Gasteiger charge is -2.11. The van der Waals surface area contributed by atoms with E-state index in [-0.39, 0.29) is 5.69 Å². The zero-order chi connectivity index (χ0) is 18.9. The van der Waals surface area contributed by atoms with Gasteiger partial charge in [0.15, 0.2) is 11.5 Å². The van der Waals surface area contributed by atoms with Gasteiger partial charge < -0.3 is 9.47 Å². The minimum absolute atomic E-state index is 0.0119. The quantitative estimate of drug-likeness (QED) is 0.223. The molecule has 0 N–H and O–H groups in total. The van der Waals surface area contributed by atoms with E-state index in [1.807, 2.05) is 12.1 Å². The summed E-state index contributed by atoms with van der Waals surface area (Å²) in [7, 11) is 1.58. The second-order valence-corrected chi connectivity index (χ2v) is 5.59. The molecule has 0 aliphatic rings. The van der Waals surface area contributed by atoms with Crippen molar-refractivity contribution < 1.29 is 14.4 Å². The Hall–Kier alpha value is -3.33. The number of nitro benzene ring substituents is 1. The van der Waals surface area contributed by atoms with Crippen LogP contribution in [0.25, 0.3) is 11.6 Å². The maximum absolute atomic E-state index is 10.7. The van der Waals surface area contributed by atoms with E-state index in [1.165, 1.54) is 12.1 Å². The summed E-state index contributed by atoms with van der Waals surface area (Å²) in [6.07, 6.45) is 3.68. The molecule has 2 aromatic carbocycles. The Morgan fingerprint density at radius 2 is 1.96 bits per heavy atom. The molecule has 2 rings (SSSR count). The van der Waals surface area contributed by atoms with E-state index in [9.17, 15) is 15.4 Å². The van der Waals surface area contributed by atoms with Crippen LogP contribution in [0, 0.1) is 21.4 Å². The van der Waals surface area contributed by atoms with Crippen molar-refractivity contribution in [2.24, 2.45) is 0 Å². The van der Waals surface area contributed by atoms with Gasteiger partial charge in [0.05, 0.1) is 30.3 Å². The van der Waals surface area contributed by atoms with Gasteiger partial charge in [-0.1, -0.05) is 19.4 Å². The lowest BCUT2D eigenvalue weighted by atomic mass is 10.0. The molecule has 0 aromatic heterocycles. The molecule has 6 nitrogen and oxygen atoms in total. The number of hydrogen-bond donors (Lipinski definition) is 0. The number of methoxy groups -OCH3 is 1. The molecule has 0 aliphatic heterocycles. The number of nitrogens with zero attached hydrogens (tertiary/aromatic N) is 2. The molecule has 26 heavy (non-hydrogen) atoms. The number of hydrogen-bond acceptors (Lipinski definition) is 5. The van der Waals surface area contributed by atoms with Crippen LogP contribution in [0.3, 0.4) is 0 Å². The summed E-state index contributed by atoms with van der Waals surface area (Å²) < 4.78 is 11.1. The van der Waals surface area contributed by atoms with Gasteiger partial charge in [-0.2, -0.15) is 5.26 Å². The number of allylic oxidation sites excluding steroid dienone is 1. The molecule has 0 heterocycles. The van der Waals surface area contributed by atoms with Gasteiger partial charge in [-0.05, 0) is 47.9 Å². The number of benzene rings is 2. The first-order valence-corrected chi connectivity index (χ1v) is 8.26. The molecule has 0 bridgehead atoms. The lowest BCUT2D eigenvalue weighted by Crippen LogP contribution is -1.99. The fourth-order valence-corrected chi connectivity index (χ4v) is 2.33. The van der Waals surface area contributed by atoms with E-state index in [1.54, 1.807) is 31.4 Å². The van der Waals surface area contributed by atoms with Crippen molar-refractivity contribution in [3.05, 3.63) is 63.7 Å². The van der Waals surface area contributed by atoms with Crippen molar-refractivity contribution in [3.63, 3.8) is 0 Å². The van der Waals surface area contributed by atoms with Crippen molar-refractivity contribution in [1.29, 1.82) is 5.26 Å². The predicted octanol–water partition coefficient (Wildman–Crippen LogP) is 4.85. The molecule has 0 unspecified atom stereocenters. The second kappa shape index (κ2) is 9.23. The summed E-state index contributed by atoms with van der Waals surface area (Å²) in [5, 5.41) is 20.2. The number of unbranched alkanes of at least 4 members (excludes halogenated alkanes) is 1. The van der Waals surface area contributed by atoms with Crippen molar-refractivity contribution >= 4 is 17.3 Å². The molecule has 0 atom stereocenters. The van der Waals surface area contributed by atoms with E-state index in [4.69, 9.17) is 9.47 Å². The largest absolute Gasteiger partial charge is 0.493 e. The Morgan fingerprint density at radius 3 is 2.54 bits per heavy atom. The molecule has 2 aromatic rings. The van der Waals surface area contributed by atoms with Crippen molar-refractivity contribution in [1.82, 2.24) is 0 Å². The summed E-state index contributed by atoms with van der Waals surface area (Å²) in [5.41, 5.74) is 1.79. The van der Waals surface area contributed by atoms with Crippen LogP contribution in [0.5, 0.6) is 11.5 Å². The van der Waals surface area contributed by atoms with Gasteiger partial charge in [0.1, 0.15) is 0 Å². The third-order valence-electron chi connectivity index (χ3n) is 3.76. The number of rotatable bonds is 8. The van der Waals surface area contributed by atoms with Crippen LogP contribution in [0.2, 0.25) is 0 Å². The number of nitro groups is 1. The molecule has 0 spiro atoms. The standard InChI is InChI=1S/C20H20N2O4/c1-3-4-11-26-20-13-15(5-10-19(20)25-2)12-17(14-21)16-6-8-18(9-7-16)22(23)24/h5-10,12-13H,3-4,11H2,1-2H3. The van der Waals surface area contributed by atoms with Gasteiger partial charge in [-0.3, -0.25) is 10.1 Å². The van der Waals surface area contributed by atoms with E-state index < -0.39 is 4.92 Å². The van der Waals surface area contributed by atoms with Crippen LogP contribution in [-0.4, -0.2) is 18.6 Å². The Labute approximate surface area is 152 Å². The van der Waals surface area contributed by atoms with E-state index in [0.29, 0.717) is 29.2 Å². The maximum Gasteiger partial charge on any atom is 0.269 e. The molecule has 0 radical (unpaired) electrons. The van der Waals surface area contributed by atoms with Crippen molar-refractivity contribution in [2.45, 2.75) is 19.8 Å². The summed E-state index contributed by atoms with van der Waals surface area (Å²) >= 11 is 0. The lowest BCUT2D eigenvalue weighted by molar-refractivity contribution is -0.384. The first-order valence-electron chi connectivity index (χ1n) is 8.26. The van der Waals surface area contributed by atoms with Crippen LogP contribution >= 0.6 is 0 Å². The highest BCUT2D eigenvalue weighted by atomic mass is 16.6. The first kappa shape index (κ1) is 19.0. The topological polar surface area (TPSA) is 85.4 Å². The summed E-state index contributed by atoms with van der Waals surface area (Å²) in [6, 6.07) is 13.5. The van der Waals surface area contributed by atoms with Gasteiger partial charge in [-0.25, -0.2) is 0 Å². The fraction of sp³-hybridized carbons (Fsp3) is 0.250. The van der Waals surface area contributed by atoms with Gasteiger partial charge in [0.2, 0.25) is 0 Å². The van der Waals surface area contributed by atoms with Crippen LogP contribution in [0.1, 0.15) is 30.9 Å². The molecule has 0 saturated carbocycles. The zero-order valence-electron chi connectivity index (χ0n) is 14.8. The van der Waals surface area contributed by atoms with Crippen molar-refractivity contribution in [3.8, 4) is 17.6 Å². The van der Waals surface area contributed by atoms with Crippen LogP contribution < -0.4 is 9.47 Å². The Balaban J connectivity index is 2.31. The molecule has 6 heteroatoms. The van der Waals surface area contributed by atoms with Crippen molar-refractivity contribution in [2.75, 3.05) is 13.7 Å². The highest BCUT2D eigenvalue weighted by molar-refractivity contribution is 5.90. The van der Waals surface area contributed by atoms with Gasteiger partial charge in [0, 0.05) is 12.1 Å². The van der Waals surface area contributed by atoms with Crippen LogP contribution in [0.4, 0.5) is 5.69 Å². The highest BCUT2D eigenvalue weighted by Gasteiger charge is 2.09. The third kappa shape index (κ3) is 4.84. The predicted molar refractivity (Wildman–Crippen MR) is 100.0 cm³/mol. The SMILES string of the molecule is CCCCOc1cc(C=C(C#N)c2ccc([N+](=O)[O-])cc2)ccc1OC.